The first-order valence-electron chi connectivity index (χ1n) is 7.52. The third kappa shape index (κ3) is 2.26. The minimum atomic E-state index is -0.748. The number of carboxylic acid groups (broad SMARTS) is 1. The van der Waals surface area contributed by atoms with E-state index in [1.54, 1.807) is 0 Å². The second-order valence-electron chi connectivity index (χ2n) is 6.26. The van der Waals surface area contributed by atoms with Crippen molar-refractivity contribution in [3.63, 3.8) is 0 Å². The van der Waals surface area contributed by atoms with E-state index in [1.807, 2.05) is 11.8 Å². The number of rotatable bonds is 4. The lowest BCUT2D eigenvalue weighted by Gasteiger charge is -2.32. The Hall–Kier alpha value is -1.06. The number of aliphatic carboxylic acids is 1. The maximum absolute atomic E-state index is 12.8. The highest BCUT2D eigenvalue weighted by atomic mass is 16.4. The zero-order valence-corrected chi connectivity index (χ0v) is 12.1. The normalized spacial score (nSPS) is 29.7. The summed E-state index contributed by atoms with van der Waals surface area (Å²) in [5, 5.41) is 9.41. The van der Waals surface area contributed by atoms with Crippen molar-refractivity contribution in [1.82, 2.24) is 4.90 Å². The van der Waals surface area contributed by atoms with Gasteiger partial charge in [0, 0.05) is 18.5 Å². The molecule has 0 aromatic carbocycles. The number of amides is 1. The van der Waals surface area contributed by atoms with Crippen molar-refractivity contribution in [3.05, 3.63) is 0 Å². The summed E-state index contributed by atoms with van der Waals surface area (Å²) in [5.74, 6) is -0.536. The van der Waals surface area contributed by atoms with Crippen molar-refractivity contribution in [2.45, 2.75) is 58.8 Å². The standard InChI is InChI=1S/C15H25NO3/c1-3-14(7-5-6-8-14)12(17)16-10-9-15(4-2,11-16)13(18)19/h3-11H2,1-2H3,(H,18,19). The van der Waals surface area contributed by atoms with Gasteiger partial charge in [0.25, 0.3) is 0 Å². The fraction of sp³-hybridized carbons (Fsp3) is 0.867. The molecule has 4 heteroatoms. The van der Waals surface area contributed by atoms with Gasteiger partial charge in [-0.2, -0.15) is 0 Å². The van der Waals surface area contributed by atoms with Gasteiger partial charge in [-0.05, 0) is 32.1 Å². The number of carbonyl (C=O) groups is 2. The fourth-order valence-electron chi connectivity index (χ4n) is 3.77. The van der Waals surface area contributed by atoms with Crippen LogP contribution in [0.2, 0.25) is 0 Å². The lowest BCUT2D eigenvalue weighted by atomic mass is 9.81. The molecule has 2 rings (SSSR count). The number of likely N-dealkylation sites (tertiary alicyclic amines) is 1. The predicted octanol–water partition coefficient (Wildman–Crippen LogP) is 2.67. The van der Waals surface area contributed by atoms with Gasteiger partial charge in [-0.1, -0.05) is 26.7 Å². The Morgan fingerprint density at radius 2 is 1.63 bits per heavy atom. The summed E-state index contributed by atoms with van der Waals surface area (Å²) in [6.07, 6.45) is 6.30. The van der Waals surface area contributed by atoms with E-state index in [2.05, 4.69) is 6.92 Å². The van der Waals surface area contributed by atoms with Gasteiger partial charge < -0.3 is 10.0 Å². The topological polar surface area (TPSA) is 57.6 Å². The number of carboxylic acids is 1. The molecule has 2 aliphatic rings. The molecule has 0 radical (unpaired) electrons. The SMILES string of the molecule is CCC1(C(=O)O)CCN(C(=O)C2(CC)CCCC2)C1. The summed E-state index contributed by atoms with van der Waals surface area (Å²) >= 11 is 0. The highest BCUT2D eigenvalue weighted by molar-refractivity contribution is 5.85. The van der Waals surface area contributed by atoms with Crippen molar-refractivity contribution in [3.8, 4) is 0 Å². The molecular weight excluding hydrogens is 242 g/mol. The first kappa shape index (κ1) is 14.4. The summed E-state index contributed by atoms with van der Waals surface area (Å²) in [4.78, 5) is 26.0. The first-order chi connectivity index (χ1) is 8.99. The van der Waals surface area contributed by atoms with Gasteiger partial charge in [0.05, 0.1) is 5.41 Å². The van der Waals surface area contributed by atoms with Crippen LogP contribution in [0.25, 0.3) is 0 Å². The van der Waals surface area contributed by atoms with Gasteiger partial charge >= 0.3 is 5.97 Å². The number of nitrogens with zero attached hydrogens (tertiary/aromatic N) is 1. The molecule has 0 aromatic heterocycles. The van der Waals surface area contributed by atoms with E-state index in [1.165, 1.54) is 0 Å². The molecule has 0 aromatic rings. The summed E-state index contributed by atoms with van der Waals surface area (Å²) in [6.45, 7) is 5.01. The highest BCUT2D eigenvalue weighted by Crippen LogP contribution is 2.44. The molecule has 2 fully saturated rings. The molecule has 108 valence electrons. The van der Waals surface area contributed by atoms with E-state index in [0.29, 0.717) is 25.9 Å². The molecule has 0 bridgehead atoms. The van der Waals surface area contributed by atoms with Crippen molar-refractivity contribution in [2.75, 3.05) is 13.1 Å². The average Bonchev–Trinajstić information content (AvgIpc) is 3.06. The van der Waals surface area contributed by atoms with Crippen LogP contribution in [0.1, 0.15) is 58.8 Å². The lowest BCUT2D eigenvalue weighted by molar-refractivity contribution is -0.149. The Labute approximate surface area is 115 Å². The van der Waals surface area contributed by atoms with Gasteiger partial charge in [-0.25, -0.2) is 0 Å². The summed E-state index contributed by atoms with van der Waals surface area (Å²) in [7, 11) is 0. The molecule has 4 nitrogen and oxygen atoms in total. The second kappa shape index (κ2) is 5.14. The second-order valence-corrected chi connectivity index (χ2v) is 6.26. The third-order valence-electron chi connectivity index (χ3n) is 5.46. The largest absolute Gasteiger partial charge is 0.481 e. The van der Waals surface area contributed by atoms with Crippen molar-refractivity contribution in [1.29, 1.82) is 0 Å². The Morgan fingerprint density at radius 1 is 1.05 bits per heavy atom. The van der Waals surface area contributed by atoms with Crippen LogP contribution in [0.15, 0.2) is 0 Å². The molecule has 1 N–H and O–H groups in total. The van der Waals surface area contributed by atoms with Crippen LogP contribution in [-0.4, -0.2) is 35.0 Å². The average molecular weight is 267 g/mol. The molecule has 1 aliphatic carbocycles. The van der Waals surface area contributed by atoms with E-state index >= 15 is 0 Å². The lowest BCUT2D eigenvalue weighted by Crippen LogP contribution is -2.43. The van der Waals surface area contributed by atoms with Crippen LogP contribution in [0, 0.1) is 10.8 Å². The van der Waals surface area contributed by atoms with Gasteiger partial charge in [0.1, 0.15) is 0 Å². The van der Waals surface area contributed by atoms with Crippen LogP contribution >= 0.6 is 0 Å². The van der Waals surface area contributed by atoms with E-state index in [9.17, 15) is 14.7 Å². The quantitative estimate of drug-likeness (QED) is 0.852. The van der Waals surface area contributed by atoms with Gasteiger partial charge in [0.2, 0.25) is 5.91 Å². The van der Waals surface area contributed by atoms with E-state index < -0.39 is 11.4 Å². The number of carbonyl (C=O) groups excluding carboxylic acids is 1. The van der Waals surface area contributed by atoms with E-state index in [4.69, 9.17) is 0 Å². The molecule has 1 heterocycles. The smallest absolute Gasteiger partial charge is 0.311 e. The number of hydrogen-bond donors (Lipinski definition) is 1. The molecule has 1 saturated carbocycles. The Balaban J connectivity index is 2.12. The van der Waals surface area contributed by atoms with Crippen molar-refractivity contribution >= 4 is 11.9 Å². The maximum Gasteiger partial charge on any atom is 0.311 e. The molecule has 19 heavy (non-hydrogen) atoms. The molecule has 1 unspecified atom stereocenters. The van der Waals surface area contributed by atoms with Crippen LogP contribution in [0.4, 0.5) is 0 Å². The van der Waals surface area contributed by atoms with Gasteiger partial charge in [-0.3, -0.25) is 9.59 Å². The summed E-state index contributed by atoms with van der Waals surface area (Å²) in [6, 6.07) is 0. The first-order valence-corrected chi connectivity index (χ1v) is 7.52. The zero-order valence-electron chi connectivity index (χ0n) is 12.1. The zero-order chi connectivity index (χ0) is 14.1. The monoisotopic (exact) mass is 267 g/mol. The molecule has 0 spiro atoms. The minimum Gasteiger partial charge on any atom is -0.481 e. The van der Waals surface area contributed by atoms with Gasteiger partial charge in [-0.15, -0.1) is 0 Å². The Kier molecular flexibility index (Phi) is 3.88. The van der Waals surface area contributed by atoms with E-state index in [0.717, 1.165) is 32.1 Å². The Morgan fingerprint density at radius 3 is 2.05 bits per heavy atom. The predicted molar refractivity (Wildman–Crippen MR) is 72.7 cm³/mol. The third-order valence-corrected chi connectivity index (χ3v) is 5.46. The van der Waals surface area contributed by atoms with Gasteiger partial charge in [0.15, 0.2) is 0 Å². The minimum absolute atomic E-state index is 0.192. The molecule has 1 saturated heterocycles. The van der Waals surface area contributed by atoms with Crippen LogP contribution in [0.5, 0.6) is 0 Å². The molecule has 1 aliphatic heterocycles. The maximum atomic E-state index is 12.8. The molecule has 1 amide bonds. The van der Waals surface area contributed by atoms with Crippen LogP contribution in [-0.2, 0) is 9.59 Å². The van der Waals surface area contributed by atoms with Crippen LogP contribution in [0.3, 0.4) is 0 Å². The van der Waals surface area contributed by atoms with Crippen molar-refractivity contribution < 1.29 is 14.7 Å². The molecule has 1 atom stereocenters. The van der Waals surface area contributed by atoms with E-state index in [-0.39, 0.29) is 11.3 Å². The highest BCUT2D eigenvalue weighted by Gasteiger charge is 2.49. The summed E-state index contributed by atoms with van der Waals surface area (Å²) < 4.78 is 0. The van der Waals surface area contributed by atoms with Crippen LogP contribution < -0.4 is 0 Å². The molecular formula is C15H25NO3. The Bertz CT molecular complexity index is 374. The summed E-state index contributed by atoms with van der Waals surface area (Å²) in [5.41, 5.74) is -0.897. The van der Waals surface area contributed by atoms with Crippen molar-refractivity contribution in [2.24, 2.45) is 10.8 Å². The fourth-order valence-corrected chi connectivity index (χ4v) is 3.77. The number of hydrogen-bond acceptors (Lipinski definition) is 2.